The summed E-state index contributed by atoms with van der Waals surface area (Å²) < 4.78 is 3.46. The zero-order chi connectivity index (χ0) is 31.0. The average Bonchev–Trinajstić information content (AvgIpc) is 3.75. The zero-order valence-electron chi connectivity index (χ0n) is 24.9. The summed E-state index contributed by atoms with van der Waals surface area (Å²) in [5, 5.41) is 35.0. The first-order valence-electron chi connectivity index (χ1n) is 15.2. The summed E-state index contributed by atoms with van der Waals surface area (Å²) in [7, 11) is 0. The third kappa shape index (κ3) is 5.95. The number of phenolic OH excluding ortho intramolecular Hbond substituents is 2. The number of phenols is 2. The average molecular weight is 619 g/mol. The number of amides is 2. The number of aromatic hydroxyl groups is 2. The summed E-state index contributed by atoms with van der Waals surface area (Å²) in [6.07, 6.45) is 5.97. The minimum atomic E-state index is -0.447. The molecule has 2 aliphatic rings. The molecule has 6 rings (SSSR count). The van der Waals surface area contributed by atoms with Crippen molar-refractivity contribution >= 4 is 34.5 Å². The third-order valence-corrected chi connectivity index (χ3v) is 10.3. The molecule has 3 atom stereocenters. The van der Waals surface area contributed by atoms with Crippen molar-refractivity contribution in [3.05, 3.63) is 58.6 Å². The molecule has 5 N–H and O–H groups in total. The van der Waals surface area contributed by atoms with Crippen LogP contribution in [0.4, 0.5) is 0 Å². The molecule has 2 amide bonds. The molecule has 0 bridgehead atoms. The van der Waals surface area contributed by atoms with Gasteiger partial charge in [0.05, 0.1) is 11.3 Å². The summed E-state index contributed by atoms with van der Waals surface area (Å²) in [4.78, 5) is 36.9. The number of aromatic nitrogens is 4. The molecule has 4 aromatic rings. The van der Waals surface area contributed by atoms with Crippen molar-refractivity contribution in [2.75, 3.05) is 12.3 Å². The highest BCUT2D eigenvalue weighted by Gasteiger charge is 2.42. The van der Waals surface area contributed by atoms with Crippen LogP contribution in [-0.4, -0.2) is 64.9 Å². The molecular weight excluding hydrogens is 580 g/mol. The molecule has 2 saturated heterocycles. The van der Waals surface area contributed by atoms with Gasteiger partial charge >= 0.3 is 5.69 Å². The highest BCUT2D eigenvalue weighted by molar-refractivity contribution is 8.00. The van der Waals surface area contributed by atoms with Gasteiger partial charge in [-0.3, -0.25) is 9.59 Å². The Morgan fingerprint density at radius 3 is 2.80 bits per heavy atom. The van der Waals surface area contributed by atoms with E-state index in [-0.39, 0.29) is 35.1 Å². The Morgan fingerprint density at radius 2 is 1.98 bits per heavy atom. The number of hydrogen-bond donors (Lipinski definition) is 5. The maximum atomic E-state index is 12.8. The van der Waals surface area contributed by atoms with E-state index >= 15 is 0 Å². The van der Waals surface area contributed by atoms with Gasteiger partial charge < -0.3 is 25.4 Å². The molecule has 0 saturated carbocycles. The predicted octanol–water partition coefficient (Wildman–Crippen LogP) is 4.01. The summed E-state index contributed by atoms with van der Waals surface area (Å²) >= 11 is 1.95. The second-order valence-corrected chi connectivity index (χ2v) is 13.3. The quantitative estimate of drug-likeness (QED) is 0.159. The van der Waals surface area contributed by atoms with Crippen molar-refractivity contribution in [3.8, 4) is 28.6 Å². The van der Waals surface area contributed by atoms with Gasteiger partial charge in [-0.15, -0.1) is 0 Å². The summed E-state index contributed by atoms with van der Waals surface area (Å²) in [5.41, 5.74) is 2.08. The van der Waals surface area contributed by atoms with E-state index in [2.05, 4.69) is 25.4 Å². The molecule has 2 aromatic carbocycles. The van der Waals surface area contributed by atoms with Crippen molar-refractivity contribution in [2.24, 2.45) is 5.92 Å². The first kappa shape index (κ1) is 29.9. The van der Waals surface area contributed by atoms with Crippen LogP contribution in [0, 0.1) is 5.92 Å². The van der Waals surface area contributed by atoms with Gasteiger partial charge in [0, 0.05) is 72.1 Å². The van der Waals surface area contributed by atoms with Gasteiger partial charge in [-0.1, -0.05) is 20.3 Å². The van der Waals surface area contributed by atoms with Crippen LogP contribution in [0.1, 0.15) is 57.4 Å². The lowest BCUT2D eigenvalue weighted by Crippen LogP contribution is -2.29. The largest absolute Gasteiger partial charge is 0.508 e. The molecule has 2 aromatic heterocycles. The highest BCUT2D eigenvalue weighted by Crippen LogP contribution is 2.41. The number of unbranched alkanes of at least 4 members (excludes halogenated alkanes) is 1. The van der Waals surface area contributed by atoms with Crippen LogP contribution < -0.4 is 16.3 Å². The van der Waals surface area contributed by atoms with Crippen molar-refractivity contribution in [3.63, 3.8) is 0 Å². The van der Waals surface area contributed by atoms with E-state index in [9.17, 15) is 24.6 Å². The summed E-state index contributed by atoms with van der Waals surface area (Å²) in [5.74, 6) is 1.73. The molecule has 0 unspecified atom stereocenters. The van der Waals surface area contributed by atoms with E-state index in [0.29, 0.717) is 60.0 Å². The molecule has 232 valence electrons. The highest BCUT2D eigenvalue weighted by atomic mass is 32.2. The number of aromatic amines is 1. The van der Waals surface area contributed by atoms with Gasteiger partial charge in [-0.2, -0.15) is 16.9 Å². The SMILES string of the molecule is CC(C)c1cc(-c2n[nH]c(=O)n2-c2ccc3c(ccn3CCNC(=O)CCCC[C@@H]3SC[C@H]4NC(=O)C[C@@H]34)c2)c(O)cc1O. The van der Waals surface area contributed by atoms with Crippen molar-refractivity contribution in [1.29, 1.82) is 0 Å². The van der Waals surface area contributed by atoms with Gasteiger partial charge in [0.25, 0.3) is 0 Å². The summed E-state index contributed by atoms with van der Waals surface area (Å²) in [6.45, 7) is 4.97. The molecule has 2 aliphatic heterocycles. The molecule has 4 heterocycles. The van der Waals surface area contributed by atoms with Crippen LogP contribution in [0.3, 0.4) is 0 Å². The fourth-order valence-corrected chi connectivity index (χ4v) is 8.09. The number of benzene rings is 2. The molecule has 12 heteroatoms. The van der Waals surface area contributed by atoms with Crippen LogP contribution in [0.2, 0.25) is 0 Å². The Bertz CT molecular complexity index is 1760. The minimum Gasteiger partial charge on any atom is -0.508 e. The molecule has 11 nitrogen and oxygen atoms in total. The van der Waals surface area contributed by atoms with Crippen molar-refractivity contribution in [1.82, 2.24) is 30.0 Å². The van der Waals surface area contributed by atoms with E-state index in [1.54, 1.807) is 6.07 Å². The molecule has 2 fully saturated rings. The number of carbonyl (C=O) groups is 2. The second-order valence-electron chi connectivity index (χ2n) is 12.0. The monoisotopic (exact) mass is 618 g/mol. The second kappa shape index (κ2) is 12.4. The Balaban J connectivity index is 1.05. The Hall–Kier alpha value is -4.19. The fraction of sp³-hybridized carbons (Fsp3) is 0.438. The number of H-pyrrole nitrogens is 1. The fourth-order valence-electron chi connectivity index (χ4n) is 6.44. The molecule has 0 radical (unpaired) electrons. The van der Waals surface area contributed by atoms with Crippen molar-refractivity contribution < 1.29 is 19.8 Å². The molecular formula is C32H38N6O5S. The van der Waals surface area contributed by atoms with Gasteiger partial charge in [0.1, 0.15) is 11.5 Å². The Labute approximate surface area is 259 Å². The van der Waals surface area contributed by atoms with Gasteiger partial charge in [-0.05, 0) is 54.7 Å². The standard InChI is InChI=1S/C32H38N6O5S/c1-18(2)21-14-23(27(40)16-26(21)39)31-35-36-32(43)38(31)20-7-8-25-19(13-20)9-11-37(25)12-10-33-29(41)6-4-3-5-28-22-15-30(42)34-24(22)17-44-28/h7-9,11,13-14,16,18,22,24,28,39-40H,3-6,10,12,15,17H2,1-2H3,(H,33,41)(H,34,42)(H,36,43)/t22-,24-,28+/m1/s1. The summed E-state index contributed by atoms with van der Waals surface area (Å²) in [6, 6.07) is 10.9. The lowest BCUT2D eigenvalue weighted by Gasteiger charge is -2.15. The van der Waals surface area contributed by atoms with Gasteiger partial charge in [0.15, 0.2) is 5.82 Å². The van der Waals surface area contributed by atoms with Crippen LogP contribution in [0.25, 0.3) is 28.0 Å². The van der Waals surface area contributed by atoms with Crippen molar-refractivity contribution in [2.45, 2.75) is 69.7 Å². The Morgan fingerprint density at radius 1 is 1.14 bits per heavy atom. The number of fused-ring (bicyclic) bond motifs is 2. The van der Waals surface area contributed by atoms with E-state index in [1.165, 1.54) is 10.6 Å². The normalized spacial score (nSPS) is 19.5. The number of nitrogens with one attached hydrogen (secondary N) is 3. The van der Waals surface area contributed by atoms with E-state index in [1.807, 2.05) is 56.1 Å². The third-order valence-electron chi connectivity index (χ3n) is 8.76. The Kier molecular flexibility index (Phi) is 8.44. The number of hydrogen-bond acceptors (Lipinski definition) is 7. The lowest BCUT2D eigenvalue weighted by atomic mass is 9.94. The predicted molar refractivity (Wildman–Crippen MR) is 170 cm³/mol. The van der Waals surface area contributed by atoms with E-state index in [0.717, 1.165) is 35.9 Å². The maximum Gasteiger partial charge on any atom is 0.348 e. The lowest BCUT2D eigenvalue weighted by molar-refractivity contribution is -0.121. The smallest absolute Gasteiger partial charge is 0.348 e. The first-order chi connectivity index (χ1) is 21.2. The number of rotatable bonds is 11. The molecule has 0 aliphatic carbocycles. The zero-order valence-corrected chi connectivity index (χ0v) is 25.7. The van der Waals surface area contributed by atoms with Gasteiger partial charge in [0.2, 0.25) is 11.8 Å². The van der Waals surface area contributed by atoms with E-state index < -0.39 is 5.69 Å². The van der Waals surface area contributed by atoms with Crippen LogP contribution >= 0.6 is 11.8 Å². The minimum absolute atomic E-state index is 0.00171. The molecule has 44 heavy (non-hydrogen) atoms. The first-order valence-corrected chi connectivity index (χ1v) is 16.2. The number of carbonyl (C=O) groups excluding carboxylic acids is 2. The van der Waals surface area contributed by atoms with Crippen LogP contribution in [0.5, 0.6) is 11.5 Å². The molecule has 0 spiro atoms. The van der Waals surface area contributed by atoms with Crippen LogP contribution in [-0.2, 0) is 16.1 Å². The number of thioether (sulfide) groups is 1. The maximum absolute atomic E-state index is 12.8. The van der Waals surface area contributed by atoms with Gasteiger partial charge in [-0.25, -0.2) is 14.5 Å². The number of nitrogens with zero attached hydrogens (tertiary/aromatic N) is 3. The topological polar surface area (TPSA) is 154 Å². The van der Waals surface area contributed by atoms with E-state index in [4.69, 9.17) is 0 Å². The van der Waals surface area contributed by atoms with Crippen LogP contribution in [0.15, 0.2) is 47.4 Å².